The Labute approximate surface area is 83.4 Å². The van der Waals surface area contributed by atoms with Crippen molar-refractivity contribution in [3.05, 3.63) is 0 Å². The fourth-order valence-electron chi connectivity index (χ4n) is 2.46. The molecule has 1 saturated carbocycles. The monoisotopic (exact) mass is 196 g/mol. The molecule has 2 aliphatic rings. The summed E-state index contributed by atoms with van der Waals surface area (Å²) in [5, 5.41) is 5.54. The van der Waals surface area contributed by atoms with E-state index in [2.05, 4.69) is 17.6 Å². The zero-order valence-electron chi connectivity index (χ0n) is 8.59. The summed E-state index contributed by atoms with van der Waals surface area (Å²) in [6, 6.07) is 0. The topological polar surface area (TPSA) is 58.2 Å². The van der Waals surface area contributed by atoms with E-state index in [0.717, 1.165) is 12.8 Å². The lowest BCUT2D eigenvalue weighted by Gasteiger charge is -2.36. The van der Waals surface area contributed by atoms with Crippen molar-refractivity contribution in [2.75, 3.05) is 6.54 Å². The van der Waals surface area contributed by atoms with Crippen molar-refractivity contribution in [1.82, 2.24) is 10.6 Å². The van der Waals surface area contributed by atoms with Gasteiger partial charge in [0.05, 0.1) is 6.54 Å². The first-order valence-corrected chi connectivity index (χ1v) is 5.19. The molecule has 2 rings (SSSR count). The van der Waals surface area contributed by atoms with Crippen LogP contribution in [0.4, 0.5) is 0 Å². The van der Waals surface area contributed by atoms with Crippen LogP contribution in [-0.2, 0) is 9.59 Å². The van der Waals surface area contributed by atoms with Crippen molar-refractivity contribution in [2.24, 2.45) is 11.8 Å². The Morgan fingerprint density at radius 3 is 2.57 bits per heavy atom. The van der Waals surface area contributed by atoms with Gasteiger partial charge in [0.1, 0.15) is 5.54 Å². The summed E-state index contributed by atoms with van der Waals surface area (Å²) >= 11 is 0. The molecule has 0 radical (unpaired) electrons. The van der Waals surface area contributed by atoms with Crippen LogP contribution < -0.4 is 10.6 Å². The van der Waals surface area contributed by atoms with E-state index in [9.17, 15) is 9.59 Å². The van der Waals surface area contributed by atoms with Gasteiger partial charge >= 0.3 is 0 Å². The maximum Gasteiger partial charge on any atom is 0.247 e. The molecular weight excluding hydrogens is 180 g/mol. The van der Waals surface area contributed by atoms with Crippen molar-refractivity contribution in [3.8, 4) is 0 Å². The Bertz CT molecular complexity index is 290. The number of hydrogen-bond donors (Lipinski definition) is 2. The van der Waals surface area contributed by atoms with E-state index in [-0.39, 0.29) is 18.4 Å². The number of amides is 2. The molecule has 2 N–H and O–H groups in total. The Kier molecular flexibility index (Phi) is 2.10. The second-order valence-electron chi connectivity index (χ2n) is 4.38. The van der Waals surface area contributed by atoms with Gasteiger partial charge in [0.2, 0.25) is 11.8 Å². The third-order valence-electron chi connectivity index (χ3n) is 3.52. The Hall–Kier alpha value is -0.900. The number of hydrogen-bond acceptors (Lipinski definition) is 3. The van der Waals surface area contributed by atoms with Gasteiger partial charge in [0.15, 0.2) is 0 Å². The van der Waals surface area contributed by atoms with Crippen molar-refractivity contribution in [1.29, 1.82) is 0 Å². The van der Waals surface area contributed by atoms with E-state index < -0.39 is 5.54 Å². The van der Waals surface area contributed by atoms with Gasteiger partial charge in [-0.3, -0.25) is 20.2 Å². The summed E-state index contributed by atoms with van der Waals surface area (Å²) in [5.74, 6) is 0.653. The van der Waals surface area contributed by atoms with Crippen LogP contribution in [0.1, 0.15) is 26.7 Å². The summed E-state index contributed by atoms with van der Waals surface area (Å²) in [5.41, 5.74) is -0.479. The molecule has 2 amide bonds. The molecule has 2 fully saturated rings. The van der Waals surface area contributed by atoms with Gasteiger partial charge in [-0.2, -0.15) is 0 Å². The lowest BCUT2D eigenvalue weighted by Crippen LogP contribution is -2.66. The molecule has 0 aromatic carbocycles. The summed E-state index contributed by atoms with van der Waals surface area (Å²) in [4.78, 5) is 22.8. The van der Waals surface area contributed by atoms with E-state index >= 15 is 0 Å². The molecule has 78 valence electrons. The lowest BCUT2D eigenvalue weighted by atomic mass is 9.86. The Morgan fingerprint density at radius 1 is 1.50 bits per heavy atom. The summed E-state index contributed by atoms with van der Waals surface area (Å²) in [6.45, 7) is 4.41. The molecule has 3 atom stereocenters. The standard InChI is InChI=1S/C10H16N2O2/c1-3-10(7-4-6(7)2)9(14)12-8(13)5-11-10/h6-7,11H,3-5H2,1-2H3,(H,12,13,14). The molecule has 1 aliphatic carbocycles. The first-order valence-electron chi connectivity index (χ1n) is 5.19. The van der Waals surface area contributed by atoms with Crippen LogP contribution in [0, 0.1) is 11.8 Å². The van der Waals surface area contributed by atoms with Crippen LogP contribution in [0.5, 0.6) is 0 Å². The number of nitrogens with one attached hydrogen (secondary N) is 2. The molecule has 0 aromatic rings. The van der Waals surface area contributed by atoms with E-state index in [4.69, 9.17) is 0 Å². The molecule has 4 nitrogen and oxygen atoms in total. The van der Waals surface area contributed by atoms with Crippen LogP contribution in [0.2, 0.25) is 0 Å². The normalized spacial score (nSPS) is 42.1. The maximum atomic E-state index is 11.8. The van der Waals surface area contributed by atoms with Crippen LogP contribution in [0.15, 0.2) is 0 Å². The van der Waals surface area contributed by atoms with Crippen LogP contribution >= 0.6 is 0 Å². The van der Waals surface area contributed by atoms with Crippen molar-refractivity contribution < 1.29 is 9.59 Å². The fraction of sp³-hybridized carbons (Fsp3) is 0.800. The van der Waals surface area contributed by atoms with Gasteiger partial charge in [-0.25, -0.2) is 0 Å². The van der Waals surface area contributed by atoms with Gasteiger partial charge in [-0.1, -0.05) is 13.8 Å². The third-order valence-corrected chi connectivity index (χ3v) is 3.52. The highest BCUT2D eigenvalue weighted by Crippen LogP contribution is 2.47. The molecule has 1 heterocycles. The molecule has 1 aliphatic heterocycles. The fourth-order valence-corrected chi connectivity index (χ4v) is 2.46. The second kappa shape index (κ2) is 3.05. The highest BCUT2D eigenvalue weighted by Gasteiger charge is 2.55. The molecule has 0 bridgehead atoms. The number of carbonyl (C=O) groups excluding carboxylic acids is 2. The average Bonchev–Trinajstić information content (AvgIpc) is 2.84. The van der Waals surface area contributed by atoms with E-state index in [1.54, 1.807) is 0 Å². The van der Waals surface area contributed by atoms with E-state index in [1.165, 1.54) is 0 Å². The van der Waals surface area contributed by atoms with Crippen molar-refractivity contribution in [2.45, 2.75) is 32.2 Å². The van der Waals surface area contributed by atoms with E-state index in [0.29, 0.717) is 11.8 Å². The molecule has 14 heavy (non-hydrogen) atoms. The predicted octanol–water partition coefficient (Wildman–Crippen LogP) is 0.0372. The second-order valence-corrected chi connectivity index (χ2v) is 4.38. The van der Waals surface area contributed by atoms with Crippen LogP contribution in [0.3, 0.4) is 0 Å². The minimum atomic E-state index is -0.479. The van der Waals surface area contributed by atoms with Gasteiger partial charge in [0.25, 0.3) is 0 Å². The van der Waals surface area contributed by atoms with Crippen molar-refractivity contribution in [3.63, 3.8) is 0 Å². The highest BCUT2D eigenvalue weighted by atomic mass is 16.2. The first kappa shape index (κ1) is 9.65. The molecule has 4 heteroatoms. The minimum absolute atomic E-state index is 0.134. The molecule has 0 aromatic heterocycles. The van der Waals surface area contributed by atoms with Gasteiger partial charge in [0, 0.05) is 0 Å². The van der Waals surface area contributed by atoms with Crippen molar-refractivity contribution >= 4 is 11.8 Å². The minimum Gasteiger partial charge on any atom is -0.294 e. The summed E-state index contributed by atoms with van der Waals surface area (Å²) < 4.78 is 0. The molecule has 1 saturated heterocycles. The highest BCUT2D eigenvalue weighted by molar-refractivity contribution is 6.03. The third kappa shape index (κ3) is 1.25. The Balaban J connectivity index is 2.19. The summed E-state index contributed by atoms with van der Waals surface area (Å²) in [6.07, 6.45) is 1.84. The quantitative estimate of drug-likeness (QED) is 0.613. The largest absolute Gasteiger partial charge is 0.294 e. The zero-order chi connectivity index (χ0) is 10.3. The van der Waals surface area contributed by atoms with E-state index in [1.807, 2.05) is 6.92 Å². The van der Waals surface area contributed by atoms with Crippen LogP contribution in [0.25, 0.3) is 0 Å². The number of rotatable bonds is 2. The average molecular weight is 196 g/mol. The molecule has 3 unspecified atom stereocenters. The molecule has 0 spiro atoms. The van der Waals surface area contributed by atoms with Gasteiger partial charge < -0.3 is 0 Å². The van der Waals surface area contributed by atoms with Crippen LogP contribution in [-0.4, -0.2) is 23.9 Å². The summed E-state index contributed by atoms with van der Waals surface area (Å²) in [7, 11) is 0. The Morgan fingerprint density at radius 2 is 2.14 bits per heavy atom. The number of piperazine rings is 1. The smallest absolute Gasteiger partial charge is 0.247 e. The SMILES string of the molecule is CCC1(C2CC2C)NCC(=O)NC1=O. The zero-order valence-corrected chi connectivity index (χ0v) is 8.59. The number of imide groups is 1. The molecular formula is C10H16N2O2. The lowest BCUT2D eigenvalue weighted by molar-refractivity contribution is -0.139. The predicted molar refractivity (Wildman–Crippen MR) is 51.4 cm³/mol. The number of carbonyl (C=O) groups is 2. The maximum absolute atomic E-state index is 11.8. The first-order chi connectivity index (χ1) is 6.60. The van der Waals surface area contributed by atoms with Gasteiger partial charge in [-0.15, -0.1) is 0 Å². The van der Waals surface area contributed by atoms with Gasteiger partial charge in [-0.05, 0) is 24.7 Å².